The Hall–Kier alpha value is -2.10. The van der Waals surface area contributed by atoms with E-state index in [0.717, 1.165) is 12.0 Å². The van der Waals surface area contributed by atoms with Crippen LogP contribution in [0.5, 0.6) is 0 Å². The number of amides is 1. The number of halogens is 1. The molecule has 1 N–H and O–H groups in total. The fraction of sp³-hybridized carbons (Fsp3) is 0.312. The van der Waals surface area contributed by atoms with Crippen LogP contribution in [-0.2, 0) is 17.6 Å². The third-order valence-electron chi connectivity index (χ3n) is 3.11. The lowest BCUT2D eigenvalue weighted by Crippen LogP contribution is -2.34. The van der Waals surface area contributed by atoms with E-state index in [1.807, 2.05) is 13.0 Å². The SMILES string of the molecule is C[C@@H](Cc1ccoc1)NC(=O)CCc1ccccc1F. The maximum absolute atomic E-state index is 13.4. The van der Waals surface area contributed by atoms with Crippen LogP contribution in [0.2, 0.25) is 0 Å². The smallest absolute Gasteiger partial charge is 0.220 e. The molecule has 1 aromatic carbocycles. The summed E-state index contributed by atoms with van der Waals surface area (Å²) in [7, 11) is 0. The van der Waals surface area contributed by atoms with Crippen molar-refractivity contribution in [3.8, 4) is 0 Å². The van der Waals surface area contributed by atoms with Crippen LogP contribution in [0.4, 0.5) is 4.39 Å². The molecule has 1 aromatic heterocycles. The molecule has 0 aliphatic rings. The van der Waals surface area contributed by atoms with Crippen LogP contribution in [0.15, 0.2) is 47.3 Å². The molecular formula is C16H18FNO2. The lowest BCUT2D eigenvalue weighted by Gasteiger charge is -2.13. The van der Waals surface area contributed by atoms with Crippen molar-refractivity contribution in [3.63, 3.8) is 0 Å². The summed E-state index contributed by atoms with van der Waals surface area (Å²) in [4.78, 5) is 11.8. The number of rotatable bonds is 6. The molecule has 0 spiro atoms. The number of carbonyl (C=O) groups excluding carboxylic acids is 1. The van der Waals surface area contributed by atoms with Crippen molar-refractivity contribution in [2.45, 2.75) is 32.2 Å². The first-order valence-corrected chi connectivity index (χ1v) is 6.69. The molecule has 3 nitrogen and oxygen atoms in total. The fourth-order valence-electron chi connectivity index (χ4n) is 2.11. The van der Waals surface area contributed by atoms with Gasteiger partial charge in [0.2, 0.25) is 5.91 Å². The van der Waals surface area contributed by atoms with E-state index in [4.69, 9.17) is 4.42 Å². The molecule has 0 saturated carbocycles. The van der Waals surface area contributed by atoms with Gasteiger partial charge in [-0.05, 0) is 43.0 Å². The van der Waals surface area contributed by atoms with Gasteiger partial charge in [-0.25, -0.2) is 4.39 Å². The number of hydrogen-bond acceptors (Lipinski definition) is 2. The van der Waals surface area contributed by atoms with Gasteiger partial charge < -0.3 is 9.73 Å². The van der Waals surface area contributed by atoms with Crippen LogP contribution >= 0.6 is 0 Å². The maximum atomic E-state index is 13.4. The van der Waals surface area contributed by atoms with Crippen molar-refractivity contribution < 1.29 is 13.6 Å². The highest BCUT2D eigenvalue weighted by Crippen LogP contribution is 2.09. The Balaban J connectivity index is 1.76. The van der Waals surface area contributed by atoms with Gasteiger partial charge in [0.25, 0.3) is 0 Å². The number of furan rings is 1. The standard InChI is InChI=1S/C16H18FNO2/c1-12(10-13-8-9-20-11-13)18-16(19)7-6-14-4-2-3-5-15(14)17/h2-5,8-9,11-12H,6-7,10H2,1H3,(H,18,19)/t12-/m0/s1. The average molecular weight is 275 g/mol. The summed E-state index contributed by atoms with van der Waals surface area (Å²) in [5.74, 6) is -0.323. The Kier molecular flexibility index (Phi) is 4.93. The van der Waals surface area contributed by atoms with Crippen molar-refractivity contribution in [3.05, 3.63) is 59.8 Å². The highest BCUT2D eigenvalue weighted by Gasteiger charge is 2.10. The van der Waals surface area contributed by atoms with E-state index in [1.165, 1.54) is 6.07 Å². The Morgan fingerprint density at radius 1 is 1.35 bits per heavy atom. The maximum Gasteiger partial charge on any atom is 0.220 e. The van der Waals surface area contributed by atoms with Crippen LogP contribution in [-0.4, -0.2) is 11.9 Å². The van der Waals surface area contributed by atoms with Crippen molar-refractivity contribution in [1.29, 1.82) is 0 Å². The number of aryl methyl sites for hydroxylation is 1. The lowest BCUT2D eigenvalue weighted by molar-refractivity contribution is -0.121. The molecule has 0 aliphatic heterocycles. The Morgan fingerprint density at radius 2 is 2.15 bits per heavy atom. The largest absolute Gasteiger partial charge is 0.472 e. The molecule has 0 saturated heterocycles. The van der Waals surface area contributed by atoms with E-state index in [2.05, 4.69) is 5.32 Å². The molecule has 4 heteroatoms. The van der Waals surface area contributed by atoms with Gasteiger partial charge >= 0.3 is 0 Å². The number of hydrogen-bond donors (Lipinski definition) is 1. The van der Waals surface area contributed by atoms with Gasteiger partial charge in [0.1, 0.15) is 5.82 Å². The van der Waals surface area contributed by atoms with Crippen LogP contribution < -0.4 is 5.32 Å². The zero-order valence-electron chi connectivity index (χ0n) is 11.4. The molecule has 0 radical (unpaired) electrons. The third-order valence-corrected chi connectivity index (χ3v) is 3.11. The van der Waals surface area contributed by atoms with Gasteiger partial charge in [-0.1, -0.05) is 18.2 Å². The Morgan fingerprint density at radius 3 is 2.85 bits per heavy atom. The van der Waals surface area contributed by atoms with E-state index in [1.54, 1.807) is 30.7 Å². The first kappa shape index (κ1) is 14.3. The van der Waals surface area contributed by atoms with Crippen LogP contribution in [0.3, 0.4) is 0 Å². The first-order valence-electron chi connectivity index (χ1n) is 6.69. The quantitative estimate of drug-likeness (QED) is 0.880. The van der Waals surface area contributed by atoms with Crippen molar-refractivity contribution in [2.75, 3.05) is 0 Å². The summed E-state index contributed by atoms with van der Waals surface area (Å²) >= 11 is 0. The van der Waals surface area contributed by atoms with E-state index in [0.29, 0.717) is 12.0 Å². The monoisotopic (exact) mass is 275 g/mol. The van der Waals surface area contributed by atoms with E-state index < -0.39 is 0 Å². The molecule has 0 aliphatic carbocycles. The normalized spacial score (nSPS) is 12.1. The van der Waals surface area contributed by atoms with Crippen LogP contribution in [0, 0.1) is 5.82 Å². The minimum Gasteiger partial charge on any atom is -0.472 e. The summed E-state index contributed by atoms with van der Waals surface area (Å²) in [6.07, 6.45) is 4.71. The number of nitrogens with one attached hydrogen (secondary N) is 1. The summed E-state index contributed by atoms with van der Waals surface area (Å²) < 4.78 is 18.4. The molecule has 2 aromatic rings. The zero-order chi connectivity index (χ0) is 14.4. The topological polar surface area (TPSA) is 42.2 Å². The predicted octanol–water partition coefficient (Wildman–Crippen LogP) is 3.10. The first-order chi connectivity index (χ1) is 9.65. The van der Waals surface area contributed by atoms with Gasteiger partial charge in [0.15, 0.2) is 0 Å². The summed E-state index contributed by atoms with van der Waals surface area (Å²) in [5.41, 5.74) is 1.62. The molecular weight excluding hydrogens is 257 g/mol. The Bertz CT molecular complexity index is 551. The molecule has 1 amide bonds. The van der Waals surface area contributed by atoms with Crippen molar-refractivity contribution in [2.24, 2.45) is 0 Å². The minimum atomic E-state index is -0.258. The molecule has 106 valence electrons. The highest BCUT2D eigenvalue weighted by atomic mass is 19.1. The van der Waals surface area contributed by atoms with E-state index >= 15 is 0 Å². The summed E-state index contributed by atoms with van der Waals surface area (Å²) in [6.45, 7) is 1.94. The van der Waals surface area contributed by atoms with Gasteiger partial charge in [-0.2, -0.15) is 0 Å². The highest BCUT2D eigenvalue weighted by molar-refractivity contribution is 5.76. The van der Waals surface area contributed by atoms with Gasteiger partial charge in [0, 0.05) is 12.5 Å². The minimum absolute atomic E-state index is 0.0284. The second-order valence-electron chi connectivity index (χ2n) is 4.90. The molecule has 20 heavy (non-hydrogen) atoms. The molecule has 0 unspecified atom stereocenters. The van der Waals surface area contributed by atoms with Gasteiger partial charge in [0.05, 0.1) is 12.5 Å². The summed E-state index contributed by atoms with van der Waals surface area (Å²) in [5, 5.41) is 2.90. The molecule has 1 atom stereocenters. The average Bonchev–Trinajstić information content (AvgIpc) is 2.90. The molecule has 0 fully saturated rings. The third kappa shape index (κ3) is 4.23. The lowest BCUT2D eigenvalue weighted by atomic mass is 10.1. The predicted molar refractivity (Wildman–Crippen MR) is 74.7 cm³/mol. The van der Waals surface area contributed by atoms with Crippen molar-refractivity contribution >= 4 is 5.91 Å². The fourth-order valence-corrected chi connectivity index (χ4v) is 2.11. The van der Waals surface area contributed by atoms with Gasteiger partial charge in [-0.3, -0.25) is 4.79 Å². The van der Waals surface area contributed by atoms with Gasteiger partial charge in [-0.15, -0.1) is 0 Å². The second-order valence-corrected chi connectivity index (χ2v) is 4.90. The molecule has 1 heterocycles. The van der Waals surface area contributed by atoms with Crippen molar-refractivity contribution in [1.82, 2.24) is 5.32 Å². The summed E-state index contributed by atoms with van der Waals surface area (Å²) in [6, 6.07) is 8.44. The second kappa shape index (κ2) is 6.89. The zero-order valence-corrected chi connectivity index (χ0v) is 11.4. The Labute approximate surface area is 117 Å². The molecule has 0 bridgehead atoms. The van der Waals surface area contributed by atoms with E-state index in [-0.39, 0.29) is 24.2 Å². The molecule has 2 rings (SSSR count). The van der Waals surface area contributed by atoms with Crippen LogP contribution in [0.25, 0.3) is 0 Å². The van der Waals surface area contributed by atoms with E-state index in [9.17, 15) is 9.18 Å². The van der Waals surface area contributed by atoms with Crippen LogP contribution in [0.1, 0.15) is 24.5 Å². The number of benzene rings is 1. The number of carbonyl (C=O) groups is 1.